The van der Waals surface area contributed by atoms with Crippen molar-refractivity contribution in [3.05, 3.63) is 48.2 Å². The number of hydrogen-bond donors (Lipinski definition) is 2. The molecule has 1 aliphatic heterocycles. The third kappa shape index (κ3) is 2.39. The van der Waals surface area contributed by atoms with Gasteiger partial charge in [0.2, 0.25) is 0 Å². The van der Waals surface area contributed by atoms with Gasteiger partial charge in [0.15, 0.2) is 0 Å². The predicted molar refractivity (Wildman–Crippen MR) is 81.7 cm³/mol. The standard InChI is InChI=1S/C16H15N3O3/c1-10-7-8-13(17-9-10)19-15(21)16(2)14(20)18-11-5-3-4-6-12(11)22-16/h3-9H,1-2H3,(H,18,20)(H,17,19,21). The molecule has 1 aliphatic rings. The zero-order chi connectivity index (χ0) is 15.7. The fraction of sp³-hybridized carbons (Fsp3) is 0.188. The number of carbonyl (C=O) groups is 2. The summed E-state index contributed by atoms with van der Waals surface area (Å²) in [4.78, 5) is 28.8. The molecule has 0 fully saturated rings. The van der Waals surface area contributed by atoms with Gasteiger partial charge in [0, 0.05) is 6.20 Å². The molecule has 0 radical (unpaired) electrons. The number of nitrogens with zero attached hydrogens (tertiary/aromatic N) is 1. The number of pyridine rings is 1. The monoisotopic (exact) mass is 297 g/mol. The quantitative estimate of drug-likeness (QED) is 0.832. The zero-order valence-electron chi connectivity index (χ0n) is 12.2. The van der Waals surface area contributed by atoms with Crippen LogP contribution >= 0.6 is 0 Å². The Bertz CT molecular complexity index is 743. The van der Waals surface area contributed by atoms with E-state index in [1.54, 1.807) is 36.5 Å². The lowest BCUT2D eigenvalue weighted by Gasteiger charge is -2.33. The number of aromatic nitrogens is 1. The second-order valence-electron chi connectivity index (χ2n) is 5.26. The van der Waals surface area contributed by atoms with E-state index in [0.29, 0.717) is 17.3 Å². The van der Waals surface area contributed by atoms with E-state index in [1.165, 1.54) is 6.92 Å². The van der Waals surface area contributed by atoms with Crippen LogP contribution in [0.4, 0.5) is 11.5 Å². The van der Waals surface area contributed by atoms with Crippen LogP contribution in [0.5, 0.6) is 5.75 Å². The third-order valence-corrected chi connectivity index (χ3v) is 3.47. The van der Waals surface area contributed by atoms with Crippen molar-refractivity contribution in [1.29, 1.82) is 0 Å². The summed E-state index contributed by atoms with van der Waals surface area (Å²) in [5.41, 5.74) is -0.128. The van der Waals surface area contributed by atoms with Gasteiger partial charge < -0.3 is 15.4 Å². The second kappa shape index (κ2) is 5.14. The van der Waals surface area contributed by atoms with E-state index in [0.717, 1.165) is 5.56 Å². The first-order valence-corrected chi connectivity index (χ1v) is 6.83. The highest BCUT2D eigenvalue weighted by atomic mass is 16.5. The summed E-state index contributed by atoms with van der Waals surface area (Å²) in [6, 6.07) is 10.5. The van der Waals surface area contributed by atoms with Gasteiger partial charge in [-0.05, 0) is 37.6 Å². The highest BCUT2D eigenvalue weighted by Crippen LogP contribution is 2.33. The van der Waals surface area contributed by atoms with Gasteiger partial charge in [-0.15, -0.1) is 0 Å². The number of rotatable bonds is 2. The summed E-state index contributed by atoms with van der Waals surface area (Å²) in [5.74, 6) is -0.268. The van der Waals surface area contributed by atoms with Gasteiger partial charge in [-0.2, -0.15) is 0 Å². The summed E-state index contributed by atoms with van der Waals surface area (Å²) in [6.45, 7) is 3.33. The molecule has 0 aliphatic carbocycles. The van der Waals surface area contributed by atoms with Crippen molar-refractivity contribution in [2.45, 2.75) is 19.4 Å². The molecule has 112 valence electrons. The Morgan fingerprint density at radius 3 is 2.77 bits per heavy atom. The topological polar surface area (TPSA) is 80.3 Å². The predicted octanol–water partition coefficient (Wildman–Crippen LogP) is 2.12. The Morgan fingerprint density at radius 1 is 1.27 bits per heavy atom. The molecule has 0 saturated carbocycles. The first-order chi connectivity index (χ1) is 10.5. The molecular formula is C16H15N3O3. The van der Waals surface area contributed by atoms with Crippen LogP contribution in [0, 0.1) is 6.92 Å². The number of para-hydroxylation sites is 2. The van der Waals surface area contributed by atoms with Crippen molar-refractivity contribution in [3.63, 3.8) is 0 Å². The first kappa shape index (κ1) is 14.1. The van der Waals surface area contributed by atoms with Crippen molar-refractivity contribution in [2.75, 3.05) is 10.6 Å². The van der Waals surface area contributed by atoms with Gasteiger partial charge >= 0.3 is 0 Å². The molecule has 6 nitrogen and oxygen atoms in total. The highest BCUT2D eigenvalue weighted by Gasteiger charge is 2.47. The molecule has 1 aromatic heterocycles. The maximum Gasteiger partial charge on any atom is 0.279 e. The smallest absolute Gasteiger partial charge is 0.279 e. The van der Waals surface area contributed by atoms with Gasteiger partial charge in [-0.1, -0.05) is 18.2 Å². The fourth-order valence-corrected chi connectivity index (χ4v) is 2.09. The number of ether oxygens (including phenoxy) is 1. The number of aryl methyl sites for hydroxylation is 1. The van der Waals surface area contributed by atoms with E-state index in [4.69, 9.17) is 4.74 Å². The van der Waals surface area contributed by atoms with Crippen LogP contribution in [0.15, 0.2) is 42.6 Å². The summed E-state index contributed by atoms with van der Waals surface area (Å²) in [5, 5.41) is 5.29. The summed E-state index contributed by atoms with van der Waals surface area (Å²) in [7, 11) is 0. The third-order valence-electron chi connectivity index (χ3n) is 3.47. The van der Waals surface area contributed by atoms with Crippen molar-refractivity contribution in [1.82, 2.24) is 4.98 Å². The van der Waals surface area contributed by atoms with Crippen LogP contribution in [0.3, 0.4) is 0 Å². The summed E-state index contributed by atoms with van der Waals surface area (Å²) >= 11 is 0. The lowest BCUT2D eigenvalue weighted by molar-refractivity contribution is -0.143. The van der Waals surface area contributed by atoms with Crippen LogP contribution < -0.4 is 15.4 Å². The van der Waals surface area contributed by atoms with Crippen molar-refractivity contribution in [3.8, 4) is 5.75 Å². The Morgan fingerprint density at radius 2 is 2.05 bits per heavy atom. The molecule has 0 spiro atoms. The van der Waals surface area contributed by atoms with E-state index in [1.807, 2.05) is 13.0 Å². The molecule has 3 rings (SSSR count). The molecule has 22 heavy (non-hydrogen) atoms. The highest BCUT2D eigenvalue weighted by molar-refractivity contribution is 6.18. The Hall–Kier alpha value is -2.89. The zero-order valence-corrected chi connectivity index (χ0v) is 12.2. The lowest BCUT2D eigenvalue weighted by Crippen LogP contribution is -2.56. The molecule has 1 aromatic carbocycles. The maximum absolute atomic E-state index is 12.5. The van der Waals surface area contributed by atoms with Gasteiger partial charge in [0.25, 0.3) is 17.4 Å². The van der Waals surface area contributed by atoms with Crippen LogP contribution in [0.25, 0.3) is 0 Å². The number of nitrogens with one attached hydrogen (secondary N) is 2. The molecule has 1 unspecified atom stereocenters. The minimum atomic E-state index is -1.65. The normalized spacial score (nSPS) is 19.6. The van der Waals surface area contributed by atoms with Crippen LogP contribution in [0.2, 0.25) is 0 Å². The average Bonchev–Trinajstić information content (AvgIpc) is 2.50. The number of carbonyl (C=O) groups excluding carboxylic acids is 2. The molecule has 2 aromatic rings. The average molecular weight is 297 g/mol. The van der Waals surface area contributed by atoms with Crippen molar-refractivity contribution in [2.24, 2.45) is 0 Å². The molecule has 1 atom stereocenters. The second-order valence-corrected chi connectivity index (χ2v) is 5.26. The van der Waals surface area contributed by atoms with Crippen molar-refractivity contribution >= 4 is 23.3 Å². The first-order valence-electron chi connectivity index (χ1n) is 6.83. The van der Waals surface area contributed by atoms with Gasteiger partial charge in [-0.25, -0.2) is 4.98 Å². The maximum atomic E-state index is 12.5. The molecule has 2 amide bonds. The van der Waals surface area contributed by atoms with E-state index in [2.05, 4.69) is 15.6 Å². The minimum Gasteiger partial charge on any atom is -0.466 e. The molecule has 0 saturated heterocycles. The van der Waals surface area contributed by atoms with Gasteiger partial charge in [0.1, 0.15) is 11.6 Å². The van der Waals surface area contributed by atoms with Crippen molar-refractivity contribution < 1.29 is 14.3 Å². The molecule has 0 bridgehead atoms. The number of fused-ring (bicyclic) bond motifs is 1. The van der Waals surface area contributed by atoms with E-state index < -0.39 is 17.4 Å². The van der Waals surface area contributed by atoms with Crippen LogP contribution in [-0.2, 0) is 9.59 Å². The molecular weight excluding hydrogens is 282 g/mol. The van der Waals surface area contributed by atoms with Gasteiger partial charge in [-0.3, -0.25) is 9.59 Å². The molecule has 2 heterocycles. The number of benzene rings is 1. The SMILES string of the molecule is Cc1ccc(NC(=O)C2(C)Oc3ccccc3NC2=O)nc1. The number of amides is 2. The van der Waals surface area contributed by atoms with E-state index in [9.17, 15) is 9.59 Å². The Labute approximate surface area is 127 Å². The number of hydrogen-bond acceptors (Lipinski definition) is 4. The van der Waals surface area contributed by atoms with E-state index >= 15 is 0 Å². The summed E-state index contributed by atoms with van der Waals surface area (Å²) < 4.78 is 5.64. The fourth-order valence-electron chi connectivity index (χ4n) is 2.09. The van der Waals surface area contributed by atoms with E-state index in [-0.39, 0.29) is 0 Å². The van der Waals surface area contributed by atoms with Crippen LogP contribution in [0.1, 0.15) is 12.5 Å². The Balaban J connectivity index is 1.85. The largest absolute Gasteiger partial charge is 0.466 e. The van der Waals surface area contributed by atoms with Crippen LogP contribution in [-0.4, -0.2) is 22.4 Å². The van der Waals surface area contributed by atoms with Gasteiger partial charge in [0.05, 0.1) is 5.69 Å². The lowest BCUT2D eigenvalue weighted by atomic mass is 10.0. The molecule has 6 heteroatoms. The minimum absolute atomic E-state index is 0.368. The summed E-state index contributed by atoms with van der Waals surface area (Å²) in [6.07, 6.45) is 1.63. The number of anilines is 2. The Kier molecular flexibility index (Phi) is 3.29. The molecule has 2 N–H and O–H groups in total.